The van der Waals surface area contributed by atoms with Crippen LogP contribution in [0.3, 0.4) is 0 Å². The third-order valence-corrected chi connectivity index (χ3v) is 6.24. The molecule has 0 aromatic rings. The highest BCUT2D eigenvalue weighted by Crippen LogP contribution is 2.33. The lowest BCUT2D eigenvalue weighted by atomic mass is 9.78. The molecule has 0 amide bonds. The number of rotatable bonds is 10. The van der Waals surface area contributed by atoms with Crippen molar-refractivity contribution in [3.63, 3.8) is 0 Å². The second-order valence-electron chi connectivity index (χ2n) is 5.70. The molecular formula is C14H29NO2S. The minimum atomic E-state index is -2.80. The van der Waals surface area contributed by atoms with Crippen molar-refractivity contribution in [1.29, 1.82) is 0 Å². The van der Waals surface area contributed by atoms with Gasteiger partial charge in [-0.25, -0.2) is 8.42 Å². The van der Waals surface area contributed by atoms with E-state index in [-0.39, 0.29) is 5.75 Å². The fourth-order valence-electron chi connectivity index (χ4n) is 2.40. The summed E-state index contributed by atoms with van der Waals surface area (Å²) < 4.78 is 23.0. The summed E-state index contributed by atoms with van der Waals surface area (Å²) in [7, 11) is -2.80. The van der Waals surface area contributed by atoms with E-state index in [1.54, 1.807) is 6.92 Å². The molecule has 0 aliphatic heterocycles. The second-order valence-corrected chi connectivity index (χ2v) is 8.17. The first kappa shape index (κ1) is 16.0. The normalized spacial score (nSPS) is 17.1. The first-order valence-electron chi connectivity index (χ1n) is 7.40. The van der Waals surface area contributed by atoms with E-state index in [2.05, 4.69) is 19.2 Å². The molecule has 0 atom stereocenters. The van der Waals surface area contributed by atoms with Crippen LogP contribution >= 0.6 is 0 Å². The number of nitrogens with one attached hydrogen (secondary N) is 1. The molecule has 0 bridgehead atoms. The molecule has 3 nitrogen and oxygen atoms in total. The lowest BCUT2D eigenvalue weighted by Gasteiger charge is -2.32. The molecule has 0 unspecified atom stereocenters. The quantitative estimate of drug-likeness (QED) is 0.667. The average molecular weight is 275 g/mol. The molecule has 1 N–H and O–H groups in total. The van der Waals surface area contributed by atoms with Crippen LogP contribution in [-0.2, 0) is 9.84 Å². The number of hydrogen-bond acceptors (Lipinski definition) is 3. The Morgan fingerprint density at radius 1 is 1.17 bits per heavy atom. The molecule has 18 heavy (non-hydrogen) atoms. The van der Waals surface area contributed by atoms with Crippen LogP contribution in [0.1, 0.15) is 59.3 Å². The first-order chi connectivity index (χ1) is 8.47. The van der Waals surface area contributed by atoms with Gasteiger partial charge in [-0.15, -0.1) is 0 Å². The second kappa shape index (κ2) is 6.90. The zero-order chi connectivity index (χ0) is 13.6. The van der Waals surface area contributed by atoms with Gasteiger partial charge in [-0.05, 0) is 43.9 Å². The third kappa shape index (κ3) is 5.27. The Balaban J connectivity index is 2.40. The van der Waals surface area contributed by atoms with Gasteiger partial charge in [0.05, 0.1) is 5.75 Å². The monoisotopic (exact) mass is 275 g/mol. The summed E-state index contributed by atoms with van der Waals surface area (Å²) >= 11 is 0. The molecule has 0 aromatic heterocycles. The molecule has 108 valence electrons. The summed E-state index contributed by atoms with van der Waals surface area (Å²) in [6.45, 7) is 7.24. The third-order valence-electron chi connectivity index (χ3n) is 4.45. The van der Waals surface area contributed by atoms with Crippen LogP contribution in [0.5, 0.6) is 0 Å². The van der Waals surface area contributed by atoms with Gasteiger partial charge in [-0.3, -0.25) is 0 Å². The van der Waals surface area contributed by atoms with Crippen molar-refractivity contribution in [2.45, 2.75) is 65.3 Å². The Morgan fingerprint density at radius 2 is 1.78 bits per heavy atom. The highest BCUT2D eigenvalue weighted by Gasteiger charge is 2.29. The average Bonchev–Trinajstić information content (AvgIpc) is 3.18. The topological polar surface area (TPSA) is 46.2 Å². The van der Waals surface area contributed by atoms with E-state index in [9.17, 15) is 8.42 Å². The maximum Gasteiger partial charge on any atom is 0.150 e. The van der Waals surface area contributed by atoms with E-state index < -0.39 is 9.84 Å². The number of sulfone groups is 1. The SMILES string of the molecule is CCC(CC)(CCCS(=O)(=O)CC)CNC1CC1. The van der Waals surface area contributed by atoms with Crippen LogP contribution in [0.25, 0.3) is 0 Å². The zero-order valence-corrected chi connectivity index (χ0v) is 13.0. The van der Waals surface area contributed by atoms with Crippen LogP contribution in [-0.4, -0.2) is 32.5 Å². The smallest absolute Gasteiger partial charge is 0.150 e. The molecule has 1 aliphatic rings. The van der Waals surface area contributed by atoms with Gasteiger partial charge in [-0.2, -0.15) is 0 Å². The first-order valence-corrected chi connectivity index (χ1v) is 9.23. The summed E-state index contributed by atoms with van der Waals surface area (Å²) in [5, 5.41) is 3.61. The maximum atomic E-state index is 11.5. The van der Waals surface area contributed by atoms with Gasteiger partial charge in [0.25, 0.3) is 0 Å². The summed E-state index contributed by atoms with van der Waals surface area (Å²) in [5.74, 6) is 0.632. The summed E-state index contributed by atoms with van der Waals surface area (Å²) in [5.41, 5.74) is 0.297. The fraction of sp³-hybridized carbons (Fsp3) is 1.00. The molecule has 1 fully saturated rings. The minimum Gasteiger partial charge on any atom is -0.313 e. The van der Waals surface area contributed by atoms with E-state index >= 15 is 0 Å². The molecular weight excluding hydrogens is 246 g/mol. The highest BCUT2D eigenvalue weighted by molar-refractivity contribution is 7.91. The number of hydrogen-bond donors (Lipinski definition) is 1. The lowest BCUT2D eigenvalue weighted by molar-refractivity contribution is 0.225. The zero-order valence-electron chi connectivity index (χ0n) is 12.2. The van der Waals surface area contributed by atoms with Crippen molar-refractivity contribution >= 4 is 9.84 Å². The van der Waals surface area contributed by atoms with Gasteiger partial charge in [0.2, 0.25) is 0 Å². The highest BCUT2D eigenvalue weighted by atomic mass is 32.2. The molecule has 0 saturated heterocycles. The van der Waals surface area contributed by atoms with Crippen LogP contribution in [0, 0.1) is 5.41 Å². The Kier molecular flexibility index (Phi) is 6.12. The minimum absolute atomic E-state index is 0.276. The maximum absolute atomic E-state index is 11.5. The summed E-state index contributed by atoms with van der Waals surface area (Å²) in [6, 6.07) is 0.738. The lowest BCUT2D eigenvalue weighted by Crippen LogP contribution is -2.35. The molecule has 0 heterocycles. The van der Waals surface area contributed by atoms with E-state index in [4.69, 9.17) is 0 Å². The van der Waals surface area contributed by atoms with Crippen molar-refractivity contribution in [3.8, 4) is 0 Å². The van der Waals surface area contributed by atoms with Crippen molar-refractivity contribution in [2.24, 2.45) is 5.41 Å². The van der Waals surface area contributed by atoms with Crippen molar-refractivity contribution in [1.82, 2.24) is 5.32 Å². The molecule has 0 radical (unpaired) electrons. The summed E-state index contributed by atoms with van der Waals surface area (Å²) in [6.07, 6.45) is 6.73. The molecule has 4 heteroatoms. The van der Waals surface area contributed by atoms with Crippen molar-refractivity contribution in [3.05, 3.63) is 0 Å². The van der Waals surface area contributed by atoms with E-state index in [1.165, 1.54) is 12.8 Å². The Labute approximate surface area is 113 Å². The standard InChI is InChI=1S/C14H29NO2S/c1-4-14(5-2,12-15-13-8-9-13)10-7-11-18(16,17)6-3/h13,15H,4-12H2,1-3H3. The predicted octanol–water partition coefficient (Wildman–Crippen LogP) is 2.76. The van der Waals surface area contributed by atoms with E-state index in [0.29, 0.717) is 11.2 Å². The van der Waals surface area contributed by atoms with Gasteiger partial charge < -0.3 is 5.32 Å². The fourth-order valence-corrected chi connectivity index (χ4v) is 3.27. The molecule has 0 spiro atoms. The van der Waals surface area contributed by atoms with Crippen LogP contribution < -0.4 is 5.32 Å². The molecule has 1 aliphatic carbocycles. The van der Waals surface area contributed by atoms with E-state index in [1.807, 2.05) is 0 Å². The van der Waals surface area contributed by atoms with Gasteiger partial charge in [0, 0.05) is 18.3 Å². The van der Waals surface area contributed by atoms with Gasteiger partial charge >= 0.3 is 0 Å². The van der Waals surface area contributed by atoms with Gasteiger partial charge in [0.1, 0.15) is 9.84 Å². The van der Waals surface area contributed by atoms with Crippen molar-refractivity contribution in [2.75, 3.05) is 18.1 Å². The Morgan fingerprint density at radius 3 is 2.22 bits per heavy atom. The predicted molar refractivity (Wildman–Crippen MR) is 77.6 cm³/mol. The Hall–Kier alpha value is -0.0900. The largest absolute Gasteiger partial charge is 0.313 e. The van der Waals surface area contributed by atoms with Gasteiger partial charge in [-0.1, -0.05) is 20.8 Å². The molecule has 0 aromatic carbocycles. The van der Waals surface area contributed by atoms with Crippen LogP contribution in [0.4, 0.5) is 0 Å². The Bertz CT molecular complexity index is 330. The molecule has 1 saturated carbocycles. The van der Waals surface area contributed by atoms with E-state index in [0.717, 1.165) is 38.3 Å². The van der Waals surface area contributed by atoms with Crippen LogP contribution in [0.15, 0.2) is 0 Å². The van der Waals surface area contributed by atoms with Gasteiger partial charge in [0.15, 0.2) is 0 Å². The van der Waals surface area contributed by atoms with Crippen LogP contribution in [0.2, 0.25) is 0 Å². The van der Waals surface area contributed by atoms with Crippen molar-refractivity contribution < 1.29 is 8.42 Å². The summed E-state index contributed by atoms with van der Waals surface area (Å²) in [4.78, 5) is 0. The molecule has 1 rings (SSSR count).